The standard InChI is InChI=1S/C12H14O4/c1-12(11(15)16)5-4-8(7-2-3-7)9(6-12)10(13)14/h4-5,7H,2-3,6H2,1H3,(H,13,14)(H,15,16). The Kier molecular flexibility index (Phi) is 2.37. The topological polar surface area (TPSA) is 74.6 Å². The summed E-state index contributed by atoms with van der Waals surface area (Å²) < 4.78 is 0. The number of aliphatic carboxylic acids is 2. The molecule has 0 aliphatic heterocycles. The van der Waals surface area contributed by atoms with Crippen LogP contribution in [0.5, 0.6) is 0 Å². The molecule has 4 nitrogen and oxygen atoms in total. The Morgan fingerprint density at radius 1 is 1.38 bits per heavy atom. The van der Waals surface area contributed by atoms with Gasteiger partial charge in [0, 0.05) is 5.57 Å². The highest BCUT2D eigenvalue weighted by molar-refractivity contribution is 5.91. The van der Waals surface area contributed by atoms with Crippen molar-refractivity contribution in [2.24, 2.45) is 11.3 Å². The highest BCUT2D eigenvalue weighted by Crippen LogP contribution is 2.44. The molecule has 16 heavy (non-hydrogen) atoms. The average molecular weight is 222 g/mol. The molecule has 1 saturated carbocycles. The SMILES string of the molecule is CC1(C(=O)O)C=CC(C2CC2)=C(C(=O)O)C1. The van der Waals surface area contributed by atoms with Crippen LogP contribution in [0.25, 0.3) is 0 Å². The zero-order chi connectivity index (χ0) is 11.9. The molecule has 0 amide bonds. The Bertz CT molecular complexity index is 415. The molecule has 0 heterocycles. The predicted molar refractivity (Wildman–Crippen MR) is 56.9 cm³/mol. The summed E-state index contributed by atoms with van der Waals surface area (Å²) in [5, 5.41) is 18.2. The third-order valence-electron chi connectivity index (χ3n) is 3.29. The van der Waals surface area contributed by atoms with Crippen LogP contribution < -0.4 is 0 Å². The van der Waals surface area contributed by atoms with Crippen LogP contribution in [0.1, 0.15) is 26.2 Å². The molecule has 2 rings (SSSR count). The van der Waals surface area contributed by atoms with Crippen molar-refractivity contribution >= 4 is 11.9 Å². The molecule has 0 saturated heterocycles. The van der Waals surface area contributed by atoms with E-state index in [2.05, 4.69) is 0 Å². The van der Waals surface area contributed by atoms with Gasteiger partial charge in [-0.25, -0.2) is 4.79 Å². The number of carboxylic acid groups (broad SMARTS) is 2. The summed E-state index contributed by atoms with van der Waals surface area (Å²) in [4.78, 5) is 22.2. The van der Waals surface area contributed by atoms with Crippen molar-refractivity contribution < 1.29 is 19.8 Å². The Morgan fingerprint density at radius 2 is 2.00 bits per heavy atom. The second-order valence-corrected chi connectivity index (χ2v) is 4.75. The molecule has 0 aromatic rings. The van der Waals surface area contributed by atoms with E-state index in [4.69, 9.17) is 10.2 Å². The van der Waals surface area contributed by atoms with E-state index in [1.807, 2.05) is 0 Å². The van der Waals surface area contributed by atoms with E-state index in [0.29, 0.717) is 5.92 Å². The van der Waals surface area contributed by atoms with Gasteiger partial charge in [-0.2, -0.15) is 0 Å². The van der Waals surface area contributed by atoms with Crippen molar-refractivity contribution in [3.05, 3.63) is 23.3 Å². The summed E-state index contributed by atoms with van der Waals surface area (Å²) in [5.41, 5.74) is 0.0210. The minimum absolute atomic E-state index is 0.0833. The molecule has 0 bridgehead atoms. The van der Waals surface area contributed by atoms with Crippen molar-refractivity contribution in [3.8, 4) is 0 Å². The highest BCUT2D eigenvalue weighted by atomic mass is 16.4. The van der Waals surface area contributed by atoms with Crippen LogP contribution in [0.15, 0.2) is 23.3 Å². The quantitative estimate of drug-likeness (QED) is 0.763. The number of allylic oxidation sites excluding steroid dienone is 2. The summed E-state index contributed by atoms with van der Waals surface area (Å²) in [6.07, 6.45) is 5.43. The zero-order valence-corrected chi connectivity index (χ0v) is 9.06. The number of hydrogen-bond donors (Lipinski definition) is 2. The lowest BCUT2D eigenvalue weighted by molar-refractivity contribution is -0.145. The van der Waals surface area contributed by atoms with E-state index >= 15 is 0 Å². The minimum atomic E-state index is -1.08. The van der Waals surface area contributed by atoms with Crippen molar-refractivity contribution in [1.29, 1.82) is 0 Å². The average Bonchev–Trinajstić information content (AvgIpc) is 3.01. The Hall–Kier alpha value is -1.58. The minimum Gasteiger partial charge on any atom is -0.481 e. The molecule has 0 spiro atoms. The Labute approximate surface area is 93.3 Å². The summed E-state index contributed by atoms with van der Waals surface area (Å²) in [5.74, 6) is -1.63. The molecule has 1 atom stereocenters. The van der Waals surface area contributed by atoms with E-state index in [1.54, 1.807) is 19.1 Å². The monoisotopic (exact) mass is 222 g/mol. The van der Waals surface area contributed by atoms with E-state index in [1.165, 1.54) is 0 Å². The number of rotatable bonds is 3. The van der Waals surface area contributed by atoms with Crippen LogP contribution in [0.3, 0.4) is 0 Å². The molecule has 0 aromatic heterocycles. The second kappa shape index (κ2) is 3.47. The summed E-state index contributed by atoms with van der Waals surface area (Å²) >= 11 is 0. The van der Waals surface area contributed by atoms with Gasteiger partial charge in [0.05, 0.1) is 5.41 Å². The fourth-order valence-corrected chi connectivity index (χ4v) is 2.03. The second-order valence-electron chi connectivity index (χ2n) is 4.75. The lowest BCUT2D eigenvalue weighted by Gasteiger charge is -2.26. The molecule has 4 heteroatoms. The van der Waals surface area contributed by atoms with Gasteiger partial charge in [0.1, 0.15) is 0 Å². The summed E-state index contributed by atoms with van der Waals surface area (Å²) in [6.45, 7) is 1.55. The lowest BCUT2D eigenvalue weighted by Crippen LogP contribution is -2.30. The fourth-order valence-electron chi connectivity index (χ4n) is 2.03. The van der Waals surface area contributed by atoms with Crippen LogP contribution in [-0.4, -0.2) is 22.2 Å². The number of carboxylic acids is 2. The first-order chi connectivity index (χ1) is 7.44. The first-order valence-electron chi connectivity index (χ1n) is 5.33. The maximum Gasteiger partial charge on any atom is 0.331 e. The molecule has 86 valence electrons. The summed E-state index contributed by atoms with van der Waals surface area (Å²) in [7, 11) is 0. The molecular weight excluding hydrogens is 208 g/mol. The lowest BCUT2D eigenvalue weighted by atomic mass is 9.77. The van der Waals surface area contributed by atoms with Gasteiger partial charge in [-0.15, -0.1) is 0 Å². The largest absolute Gasteiger partial charge is 0.481 e. The van der Waals surface area contributed by atoms with Gasteiger partial charge in [0.15, 0.2) is 0 Å². The van der Waals surface area contributed by atoms with Gasteiger partial charge in [0.2, 0.25) is 0 Å². The van der Waals surface area contributed by atoms with E-state index in [-0.39, 0.29) is 12.0 Å². The van der Waals surface area contributed by atoms with Crippen LogP contribution in [0, 0.1) is 11.3 Å². The van der Waals surface area contributed by atoms with Crippen LogP contribution in [0.4, 0.5) is 0 Å². The highest BCUT2D eigenvalue weighted by Gasteiger charge is 2.39. The molecular formula is C12H14O4. The smallest absolute Gasteiger partial charge is 0.331 e. The van der Waals surface area contributed by atoms with Crippen LogP contribution >= 0.6 is 0 Å². The zero-order valence-electron chi connectivity index (χ0n) is 9.06. The third-order valence-corrected chi connectivity index (χ3v) is 3.29. The normalized spacial score (nSPS) is 29.3. The first-order valence-corrected chi connectivity index (χ1v) is 5.33. The Morgan fingerprint density at radius 3 is 2.44 bits per heavy atom. The van der Waals surface area contributed by atoms with Crippen LogP contribution in [0.2, 0.25) is 0 Å². The predicted octanol–water partition coefficient (Wildman–Crippen LogP) is 1.83. The molecule has 2 aliphatic carbocycles. The maximum absolute atomic E-state index is 11.1. The number of hydrogen-bond acceptors (Lipinski definition) is 2. The molecule has 1 unspecified atom stereocenters. The van der Waals surface area contributed by atoms with Gasteiger partial charge in [-0.1, -0.05) is 12.2 Å². The molecule has 0 aromatic carbocycles. The fraction of sp³-hybridized carbons (Fsp3) is 0.500. The van der Waals surface area contributed by atoms with Gasteiger partial charge in [0.25, 0.3) is 0 Å². The van der Waals surface area contributed by atoms with Crippen molar-refractivity contribution in [2.75, 3.05) is 0 Å². The third kappa shape index (κ3) is 1.75. The van der Waals surface area contributed by atoms with Crippen molar-refractivity contribution in [1.82, 2.24) is 0 Å². The van der Waals surface area contributed by atoms with Crippen molar-refractivity contribution in [3.63, 3.8) is 0 Å². The Balaban J connectivity index is 2.35. The first kappa shape index (κ1) is 10.9. The number of carbonyl (C=O) groups is 2. The maximum atomic E-state index is 11.1. The van der Waals surface area contributed by atoms with E-state index < -0.39 is 17.4 Å². The van der Waals surface area contributed by atoms with Gasteiger partial charge >= 0.3 is 11.9 Å². The van der Waals surface area contributed by atoms with E-state index in [0.717, 1.165) is 18.4 Å². The molecule has 0 radical (unpaired) electrons. The van der Waals surface area contributed by atoms with E-state index in [9.17, 15) is 9.59 Å². The molecule has 2 N–H and O–H groups in total. The van der Waals surface area contributed by atoms with Gasteiger partial charge in [-0.05, 0) is 37.7 Å². The molecule has 1 fully saturated rings. The summed E-state index contributed by atoms with van der Waals surface area (Å²) in [6, 6.07) is 0. The molecule has 2 aliphatic rings. The van der Waals surface area contributed by atoms with Crippen LogP contribution in [-0.2, 0) is 9.59 Å². The van der Waals surface area contributed by atoms with Gasteiger partial charge < -0.3 is 10.2 Å². The van der Waals surface area contributed by atoms with Crippen molar-refractivity contribution in [2.45, 2.75) is 26.2 Å². The van der Waals surface area contributed by atoms with Gasteiger partial charge in [-0.3, -0.25) is 4.79 Å².